The molecule has 3 rings (SSSR count). The number of ether oxygens (including phenoxy) is 1. The zero-order chi connectivity index (χ0) is 17.6. The van der Waals surface area contributed by atoms with Crippen LogP contribution < -0.4 is 5.32 Å². The summed E-state index contributed by atoms with van der Waals surface area (Å²) in [5.41, 5.74) is 0.776. The van der Waals surface area contributed by atoms with E-state index in [1.165, 1.54) is 0 Å². The first-order valence-corrected chi connectivity index (χ1v) is 8.25. The van der Waals surface area contributed by atoms with Crippen molar-refractivity contribution in [2.75, 3.05) is 32.8 Å². The first-order valence-electron chi connectivity index (χ1n) is 8.25. The maximum absolute atomic E-state index is 13.8. The van der Waals surface area contributed by atoms with Crippen LogP contribution in [0.25, 0.3) is 0 Å². The summed E-state index contributed by atoms with van der Waals surface area (Å²) in [5, 5.41) is 2.73. The predicted octanol–water partition coefficient (Wildman–Crippen LogP) is 2.77. The molecule has 2 aromatic carbocycles. The van der Waals surface area contributed by atoms with Gasteiger partial charge < -0.3 is 10.1 Å². The highest BCUT2D eigenvalue weighted by atomic mass is 19.1. The van der Waals surface area contributed by atoms with Crippen molar-refractivity contribution >= 4 is 5.91 Å². The number of rotatable bonds is 5. The SMILES string of the molecule is O=C(NCC(c1ccccc1)N1CCOCC1)c1cc(F)ccc1F. The molecule has 1 aliphatic rings. The lowest BCUT2D eigenvalue weighted by atomic mass is 10.0. The zero-order valence-corrected chi connectivity index (χ0v) is 13.8. The van der Waals surface area contributed by atoms with Crippen LogP contribution in [0.3, 0.4) is 0 Å². The van der Waals surface area contributed by atoms with Gasteiger partial charge in [0.05, 0.1) is 24.8 Å². The van der Waals surface area contributed by atoms with Crippen LogP contribution in [-0.4, -0.2) is 43.7 Å². The Morgan fingerprint density at radius 1 is 1.12 bits per heavy atom. The third-order valence-corrected chi connectivity index (χ3v) is 4.30. The molecular weight excluding hydrogens is 326 g/mol. The van der Waals surface area contributed by atoms with Crippen LogP contribution in [-0.2, 0) is 4.74 Å². The lowest BCUT2D eigenvalue weighted by molar-refractivity contribution is 0.0162. The Hall–Kier alpha value is -2.31. The molecule has 0 bridgehead atoms. The van der Waals surface area contributed by atoms with Gasteiger partial charge in [-0.15, -0.1) is 0 Å². The van der Waals surface area contributed by atoms with E-state index in [1.807, 2.05) is 30.3 Å². The number of hydrogen-bond acceptors (Lipinski definition) is 3. The first kappa shape index (κ1) is 17.5. The number of carbonyl (C=O) groups is 1. The van der Waals surface area contributed by atoms with Gasteiger partial charge in [-0.05, 0) is 23.8 Å². The molecule has 1 atom stereocenters. The van der Waals surface area contributed by atoms with Gasteiger partial charge in [0.15, 0.2) is 0 Å². The molecule has 4 nitrogen and oxygen atoms in total. The van der Waals surface area contributed by atoms with Gasteiger partial charge in [-0.2, -0.15) is 0 Å². The Morgan fingerprint density at radius 2 is 1.84 bits per heavy atom. The predicted molar refractivity (Wildman–Crippen MR) is 90.3 cm³/mol. The summed E-state index contributed by atoms with van der Waals surface area (Å²) in [4.78, 5) is 14.5. The molecule has 2 aromatic rings. The van der Waals surface area contributed by atoms with Crippen LogP contribution in [0.5, 0.6) is 0 Å². The van der Waals surface area contributed by atoms with Crippen LogP contribution in [0.1, 0.15) is 22.0 Å². The van der Waals surface area contributed by atoms with Crippen LogP contribution in [0.2, 0.25) is 0 Å². The molecule has 0 saturated carbocycles. The lowest BCUT2D eigenvalue weighted by Gasteiger charge is -2.35. The first-order chi connectivity index (χ1) is 12.1. The number of halogens is 2. The summed E-state index contributed by atoms with van der Waals surface area (Å²) in [6.07, 6.45) is 0. The highest BCUT2D eigenvalue weighted by molar-refractivity contribution is 5.94. The van der Waals surface area contributed by atoms with Gasteiger partial charge in [-0.25, -0.2) is 8.78 Å². The summed E-state index contributed by atoms with van der Waals surface area (Å²) in [6.45, 7) is 3.08. The zero-order valence-electron chi connectivity index (χ0n) is 13.8. The number of nitrogens with zero attached hydrogens (tertiary/aromatic N) is 1. The van der Waals surface area contributed by atoms with Gasteiger partial charge in [-0.1, -0.05) is 30.3 Å². The van der Waals surface area contributed by atoms with Crippen LogP contribution in [0.15, 0.2) is 48.5 Å². The lowest BCUT2D eigenvalue weighted by Crippen LogP contribution is -2.43. The van der Waals surface area contributed by atoms with Gasteiger partial charge in [0.2, 0.25) is 0 Å². The average Bonchev–Trinajstić information content (AvgIpc) is 2.65. The standard InChI is InChI=1S/C19H20F2N2O2/c20-15-6-7-17(21)16(12-15)19(24)22-13-18(14-4-2-1-3-5-14)23-8-10-25-11-9-23/h1-7,12,18H,8-11,13H2,(H,22,24). The van der Waals surface area contributed by atoms with Gasteiger partial charge in [0.1, 0.15) is 11.6 Å². The highest BCUT2D eigenvalue weighted by Crippen LogP contribution is 2.21. The van der Waals surface area contributed by atoms with Crippen LogP contribution >= 0.6 is 0 Å². The molecule has 1 amide bonds. The molecule has 1 N–H and O–H groups in total. The second kappa shape index (κ2) is 8.18. The molecule has 1 unspecified atom stereocenters. The molecule has 0 spiro atoms. The van der Waals surface area contributed by atoms with Crippen molar-refractivity contribution in [3.05, 3.63) is 71.3 Å². The Kier molecular flexibility index (Phi) is 5.73. The van der Waals surface area contributed by atoms with E-state index < -0.39 is 17.5 Å². The molecule has 1 saturated heterocycles. The van der Waals surface area contributed by atoms with Crippen molar-refractivity contribution in [2.45, 2.75) is 6.04 Å². The Morgan fingerprint density at radius 3 is 2.56 bits per heavy atom. The Labute approximate surface area is 145 Å². The molecule has 132 valence electrons. The van der Waals surface area contributed by atoms with E-state index in [0.717, 1.165) is 36.9 Å². The van der Waals surface area contributed by atoms with Gasteiger partial charge >= 0.3 is 0 Å². The second-order valence-corrected chi connectivity index (χ2v) is 5.91. The molecule has 0 aromatic heterocycles. The van der Waals surface area contributed by atoms with Crippen molar-refractivity contribution in [3.8, 4) is 0 Å². The van der Waals surface area contributed by atoms with E-state index in [4.69, 9.17) is 4.74 Å². The fourth-order valence-electron chi connectivity index (χ4n) is 2.98. The topological polar surface area (TPSA) is 41.6 Å². The molecule has 0 aliphatic carbocycles. The van der Waals surface area contributed by atoms with E-state index in [-0.39, 0.29) is 11.6 Å². The molecule has 1 aliphatic heterocycles. The molecule has 25 heavy (non-hydrogen) atoms. The molecular formula is C19H20F2N2O2. The van der Waals surface area contributed by atoms with Crippen molar-refractivity contribution < 1.29 is 18.3 Å². The number of benzene rings is 2. The number of nitrogens with one attached hydrogen (secondary N) is 1. The maximum Gasteiger partial charge on any atom is 0.254 e. The summed E-state index contributed by atoms with van der Waals surface area (Å²) in [7, 11) is 0. The molecule has 0 radical (unpaired) electrons. The minimum absolute atomic E-state index is 0.0503. The third kappa shape index (κ3) is 4.41. The third-order valence-electron chi connectivity index (χ3n) is 4.30. The van der Waals surface area contributed by atoms with E-state index >= 15 is 0 Å². The minimum atomic E-state index is -0.735. The quantitative estimate of drug-likeness (QED) is 0.905. The van der Waals surface area contributed by atoms with Crippen LogP contribution in [0.4, 0.5) is 8.78 Å². The molecule has 6 heteroatoms. The Balaban J connectivity index is 1.74. The fourth-order valence-corrected chi connectivity index (χ4v) is 2.98. The summed E-state index contributed by atoms with van der Waals surface area (Å²) >= 11 is 0. The molecule has 1 fully saturated rings. The Bertz CT molecular complexity index is 719. The van der Waals surface area contributed by atoms with Crippen LogP contribution in [0, 0.1) is 11.6 Å². The summed E-state index contributed by atoms with van der Waals surface area (Å²) in [6, 6.07) is 12.6. The van der Waals surface area contributed by atoms with Crippen molar-refractivity contribution in [3.63, 3.8) is 0 Å². The number of amides is 1. The number of morpholine rings is 1. The molecule has 1 heterocycles. The monoisotopic (exact) mass is 346 g/mol. The average molecular weight is 346 g/mol. The van der Waals surface area contributed by atoms with E-state index in [1.54, 1.807) is 0 Å². The largest absolute Gasteiger partial charge is 0.379 e. The minimum Gasteiger partial charge on any atom is -0.379 e. The highest BCUT2D eigenvalue weighted by Gasteiger charge is 2.23. The van der Waals surface area contributed by atoms with Crippen molar-refractivity contribution in [1.82, 2.24) is 10.2 Å². The van der Waals surface area contributed by atoms with E-state index in [9.17, 15) is 13.6 Å². The normalized spacial score (nSPS) is 16.4. The van der Waals surface area contributed by atoms with E-state index in [0.29, 0.717) is 19.8 Å². The van der Waals surface area contributed by atoms with Gasteiger partial charge in [0, 0.05) is 19.6 Å². The fraction of sp³-hybridized carbons (Fsp3) is 0.316. The summed E-state index contributed by atoms with van der Waals surface area (Å²) < 4.78 is 32.5. The maximum atomic E-state index is 13.8. The smallest absolute Gasteiger partial charge is 0.254 e. The number of carbonyl (C=O) groups excluding carboxylic acids is 1. The second-order valence-electron chi connectivity index (χ2n) is 5.91. The van der Waals surface area contributed by atoms with Crippen molar-refractivity contribution in [1.29, 1.82) is 0 Å². The summed E-state index contributed by atoms with van der Waals surface area (Å²) in [5.74, 6) is -1.99. The van der Waals surface area contributed by atoms with Gasteiger partial charge in [-0.3, -0.25) is 9.69 Å². The number of hydrogen-bond donors (Lipinski definition) is 1. The van der Waals surface area contributed by atoms with Crippen molar-refractivity contribution in [2.24, 2.45) is 0 Å². The van der Waals surface area contributed by atoms with E-state index in [2.05, 4.69) is 10.2 Å². The van der Waals surface area contributed by atoms with Gasteiger partial charge in [0.25, 0.3) is 5.91 Å².